The van der Waals surface area contributed by atoms with Crippen molar-refractivity contribution < 1.29 is 23.7 Å². The minimum atomic E-state index is -0.242. The number of nitrogens with one attached hydrogen (secondary N) is 1. The molecule has 2 aromatic carbocycles. The van der Waals surface area contributed by atoms with Crippen LogP contribution in [-0.2, 0) is 4.79 Å². The van der Waals surface area contributed by atoms with Gasteiger partial charge in [-0.25, -0.2) is 0 Å². The molecule has 2 aromatic rings. The quantitative estimate of drug-likeness (QED) is 0.582. The lowest BCUT2D eigenvalue weighted by atomic mass is 10.2. The Labute approximate surface area is 183 Å². The van der Waals surface area contributed by atoms with Gasteiger partial charge < -0.3 is 29.2 Å². The molecule has 1 heterocycles. The molecule has 7 nitrogen and oxygen atoms in total. The van der Waals surface area contributed by atoms with Crippen LogP contribution < -0.4 is 24.3 Å². The summed E-state index contributed by atoms with van der Waals surface area (Å²) in [6.45, 7) is 8.64. The third-order valence-corrected chi connectivity index (χ3v) is 4.98. The summed E-state index contributed by atoms with van der Waals surface area (Å²) in [6, 6.07) is 10.9. The van der Waals surface area contributed by atoms with Crippen molar-refractivity contribution in [1.29, 1.82) is 0 Å². The number of ether oxygens (including phenoxy) is 4. The Morgan fingerprint density at radius 1 is 1.06 bits per heavy atom. The lowest BCUT2D eigenvalue weighted by Crippen LogP contribution is -2.28. The van der Waals surface area contributed by atoms with Gasteiger partial charge in [-0.15, -0.1) is 0 Å². The Morgan fingerprint density at radius 2 is 1.84 bits per heavy atom. The van der Waals surface area contributed by atoms with Crippen molar-refractivity contribution in [2.45, 2.75) is 13.8 Å². The lowest BCUT2D eigenvalue weighted by Gasteiger charge is -2.19. The summed E-state index contributed by atoms with van der Waals surface area (Å²) in [5, 5.41) is 2.86. The minimum absolute atomic E-state index is 0.242. The van der Waals surface area contributed by atoms with Crippen LogP contribution in [0, 0.1) is 0 Å². The number of hydrogen-bond acceptors (Lipinski definition) is 6. The van der Waals surface area contributed by atoms with Gasteiger partial charge in [-0.05, 0) is 49.0 Å². The zero-order chi connectivity index (χ0) is 22.1. The highest BCUT2D eigenvalue weighted by molar-refractivity contribution is 6.02. The van der Waals surface area contributed by atoms with Crippen LogP contribution in [-0.4, -0.2) is 57.4 Å². The number of nitrogens with zero attached hydrogens (tertiary/aromatic N) is 1. The zero-order valence-corrected chi connectivity index (χ0v) is 18.3. The highest BCUT2D eigenvalue weighted by Crippen LogP contribution is 2.32. The fourth-order valence-corrected chi connectivity index (χ4v) is 3.21. The van der Waals surface area contributed by atoms with Gasteiger partial charge in [0.15, 0.2) is 23.0 Å². The molecule has 31 heavy (non-hydrogen) atoms. The summed E-state index contributed by atoms with van der Waals surface area (Å²) < 4.78 is 22.4. The van der Waals surface area contributed by atoms with E-state index >= 15 is 0 Å². The van der Waals surface area contributed by atoms with Crippen LogP contribution in [0.5, 0.6) is 23.0 Å². The molecule has 0 aliphatic carbocycles. The molecule has 0 saturated heterocycles. The first kappa shape index (κ1) is 22.5. The predicted octanol–water partition coefficient (Wildman–Crippen LogP) is 3.84. The van der Waals surface area contributed by atoms with Crippen molar-refractivity contribution in [2.24, 2.45) is 0 Å². The summed E-state index contributed by atoms with van der Waals surface area (Å²) in [5.41, 5.74) is 1.49. The third-order valence-electron chi connectivity index (χ3n) is 4.98. The van der Waals surface area contributed by atoms with Crippen molar-refractivity contribution in [1.82, 2.24) is 4.90 Å². The number of hydrogen-bond donors (Lipinski definition) is 1. The van der Waals surface area contributed by atoms with Crippen molar-refractivity contribution in [3.63, 3.8) is 0 Å². The van der Waals surface area contributed by atoms with Crippen LogP contribution in [0.25, 0.3) is 6.08 Å². The number of likely N-dealkylation sites (N-methyl/N-ethyl adjacent to an activating group) is 1. The molecule has 0 radical (unpaired) electrons. The molecule has 1 amide bonds. The number of rotatable bonds is 10. The van der Waals surface area contributed by atoms with E-state index in [1.165, 1.54) is 6.08 Å². The summed E-state index contributed by atoms with van der Waals surface area (Å²) in [6.07, 6.45) is 3.22. The Kier molecular flexibility index (Phi) is 8.18. The number of carbonyl (C=O) groups excluding carboxylic acids is 1. The summed E-state index contributed by atoms with van der Waals surface area (Å²) in [4.78, 5) is 14.7. The van der Waals surface area contributed by atoms with Crippen molar-refractivity contribution in [3.8, 4) is 23.0 Å². The van der Waals surface area contributed by atoms with E-state index in [9.17, 15) is 4.79 Å². The highest BCUT2D eigenvalue weighted by Gasteiger charge is 2.11. The second-order valence-corrected chi connectivity index (χ2v) is 6.97. The van der Waals surface area contributed by atoms with Gasteiger partial charge in [-0.1, -0.05) is 19.9 Å². The van der Waals surface area contributed by atoms with Crippen LogP contribution in [0.1, 0.15) is 19.4 Å². The molecular formula is C24H30N2O5. The molecule has 0 bridgehead atoms. The number of methoxy groups -OCH3 is 1. The van der Waals surface area contributed by atoms with E-state index in [1.54, 1.807) is 31.4 Å². The van der Waals surface area contributed by atoms with E-state index in [-0.39, 0.29) is 5.91 Å². The van der Waals surface area contributed by atoms with Crippen LogP contribution in [0.3, 0.4) is 0 Å². The summed E-state index contributed by atoms with van der Waals surface area (Å²) in [5.74, 6) is 2.40. The molecule has 1 N–H and O–H groups in total. The van der Waals surface area contributed by atoms with Gasteiger partial charge >= 0.3 is 0 Å². The first-order chi connectivity index (χ1) is 15.1. The molecule has 0 saturated carbocycles. The maximum atomic E-state index is 12.4. The van der Waals surface area contributed by atoms with E-state index in [4.69, 9.17) is 18.9 Å². The molecule has 7 heteroatoms. The average Bonchev–Trinajstić information content (AvgIpc) is 2.80. The van der Waals surface area contributed by atoms with E-state index in [0.717, 1.165) is 30.9 Å². The Balaban J connectivity index is 1.60. The summed E-state index contributed by atoms with van der Waals surface area (Å²) in [7, 11) is 1.60. The molecule has 166 valence electrons. The largest absolute Gasteiger partial charge is 0.493 e. The molecular weight excluding hydrogens is 396 g/mol. The van der Waals surface area contributed by atoms with Crippen molar-refractivity contribution >= 4 is 17.7 Å². The molecule has 0 unspecified atom stereocenters. The maximum absolute atomic E-state index is 12.4. The van der Waals surface area contributed by atoms with Gasteiger partial charge in [0.2, 0.25) is 5.91 Å². The minimum Gasteiger partial charge on any atom is -0.493 e. The van der Waals surface area contributed by atoms with E-state index in [2.05, 4.69) is 24.1 Å². The maximum Gasteiger partial charge on any atom is 0.248 e. The van der Waals surface area contributed by atoms with Crippen LogP contribution in [0.4, 0.5) is 5.69 Å². The molecule has 0 aromatic heterocycles. The highest BCUT2D eigenvalue weighted by atomic mass is 16.6. The second kappa shape index (κ2) is 11.3. The van der Waals surface area contributed by atoms with Crippen LogP contribution >= 0.6 is 0 Å². The van der Waals surface area contributed by atoms with E-state index in [0.29, 0.717) is 42.8 Å². The molecule has 0 spiro atoms. The smallest absolute Gasteiger partial charge is 0.248 e. The number of benzene rings is 2. The van der Waals surface area contributed by atoms with Crippen LogP contribution in [0.15, 0.2) is 42.5 Å². The SMILES string of the molecule is CCN(CC)CCOc1cc(NC(=O)/C=C/c2ccc3c(c2)OCCO3)ccc1OC. The molecule has 1 aliphatic heterocycles. The van der Waals surface area contributed by atoms with E-state index < -0.39 is 0 Å². The number of amides is 1. The number of fused-ring (bicyclic) bond motifs is 1. The fourth-order valence-electron chi connectivity index (χ4n) is 3.21. The van der Waals surface area contributed by atoms with Gasteiger partial charge in [0, 0.05) is 24.4 Å². The fraction of sp³-hybridized carbons (Fsp3) is 0.375. The Morgan fingerprint density at radius 3 is 2.58 bits per heavy atom. The van der Waals surface area contributed by atoms with Gasteiger partial charge in [0.1, 0.15) is 19.8 Å². The topological polar surface area (TPSA) is 69.3 Å². The first-order valence-electron chi connectivity index (χ1n) is 10.5. The normalized spacial score (nSPS) is 12.8. The summed E-state index contributed by atoms with van der Waals surface area (Å²) >= 11 is 0. The standard InChI is InChI=1S/C24H30N2O5/c1-4-26(5-2)12-13-29-23-17-19(8-10-20(23)28-3)25-24(27)11-7-18-6-9-21-22(16-18)31-15-14-30-21/h6-11,16-17H,4-5,12-15H2,1-3H3,(H,25,27)/b11-7+. The van der Waals surface area contributed by atoms with Crippen molar-refractivity contribution in [3.05, 3.63) is 48.0 Å². The second-order valence-electron chi connectivity index (χ2n) is 6.97. The zero-order valence-electron chi connectivity index (χ0n) is 18.3. The number of anilines is 1. The molecule has 0 fully saturated rings. The van der Waals surface area contributed by atoms with Gasteiger partial charge in [0.05, 0.1) is 7.11 Å². The van der Waals surface area contributed by atoms with Gasteiger partial charge in [0.25, 0.3) is 0 Å². The molecule has 0 atom stereocenters. The van der Waals surface area contributed by atoms with E-state index in [1.807, 2.05) is 18.2 Å². The van der Waals surface area contributed by atoms with Gasteiger partial charge in [-0.2, -0.15) is 0 Å². The third kappa shape index (κ3) is 6.39. The first-order valence-corrected chi connectivity index (χ1v) is 10.5. The monoisotopic (exact) mass is 426 g/mol. The number of carbonyl (C=O) groups is 1. The van der Waals surface area contributed by atoms with Gasteiger partial charge in [-0.3, -0.25) is 4.79 Å². The lowest BCUT2D eigenvalue weighted by molar-refractivity contribution is -0.111. The predicted molar refractivity (Wildman–Crippen MR) is 121 cm³/mol. The van der Waals surface area contributed by atoms with Crippen LogP contribution in [0.2, 0.25) is 0 Å². The molecule has 3 rings (SSSR count). The average molecular weight is 427 g/mol. The molecule has 1 aliphatic rings. The van der Waals surface area contributed by atoms with Crippen molar-refractivity contribution in [2.75, 3.05) is 51.9 Å². The Bertz CT molecular complexity index is 909. The Hall–Kier alpha value is -3.19.